The molecule has 12 rings (SSSR count). The van der Waals surface area contributed by atoms with Gasteiger partial charge < -0.3 is 0 Å². The molecule has 63 heavy (non-hydrogen) atoms. The molecule has 1 saturated carbocycles. The topological polar surface area (TPSA) is 68.3 Å². The van der Waals surface area contributed by atoms with Gasteiger partial charge in [-0.15, -0.1) is 0 Å². The molecule has 0 aliphatic heterocycles. The van der Waals surface area contributed by atoms with Gasteiger partial charge in [-0.2, -0.15) is 0 Å². The molecule has 0 N–H and O–H groups in total. The minimum absolute atomic E-state index is 0.0702. The Hall–Kier alpha value is -6.08. The maximum absolute atomic E-state index is 14.6. The van der Waals surface area contributed by atoms with Crippen LogP contribution in [-0.4, -0.2) is 16.8 Å². The number of rotatable bonds is 5. The van der Waals surface area contributed by atoms with E-state index in [4.69, 9.17) is 0 Å². The fourth-order valence-electron chi connectivity index (χ4n) is 12.7. The number of fused-ring (bicyclic) bond motifs is 20. The van der Waals surface area contributed by atoms with E-state index in [1.807, 2.05) is 18.2 Å². The first-order valence-electron chi connectivity index (χ1n) is 22.1. The highest BCUT2D eigenvalue weighted by atomic mass is 32.2. The second-order valence-corrected chi connectivity index (χ2v) is 22.5. The molecule has 0 aromatic heterocycles. The molecule has 2 spiro atoms. The molecule has 4 nitrogen and oxygen atoms in total. The summed E-state index contributed by atoms with van der Waals surface area (Å²) in [7, 11) is -8.03. The number of allylic oxidation sites excluding steroid dienone is 4. The van der Waals surface area contributed by atoms with Gasteiger partial charge >= 0.3 is 0 Å². The van der Waals surface area contributed by atoms with Gasteiger partial charge in [0, 0.05) is 9.81 Å². The van der Waals surface area contributed by atoms with Gasteiger partial charge in [-0.1, -0.05) is 146 Å². The molecule has 2 atom stereocenters. The van der Waals surface area contributed by atoms with E-state index in [1.165, 1.54) is 40.0 Å². The summed E-state index contributed by atoms with van der Waals surface area (Å²) >= 11 is 0. The monoisotopic (exact) mass is 858 g/mol. The zero-order chi connectivity index (χ0) is 43.0. The van der Waals surface area contributed by atoms with E-state index >= 15 is 0 Å². The average molecular weight is 859 g/mol. The van der Waals surface area contributed by atoms with Gasteiger partial charge in [0.1, 0.15) is 0 Å². The van der Waals surface area contributed by atoms with Crippen LogP contribution in [0.1, 0.15) is 95.5 Å². The number of hydrogen-bond acceptors (Lipinski definition) is 4. The molecule has 5 aliphatic rings. The molecular formula is C57H46O4S2. The number of aryl methyl sites for hydroxylation is 1. The summed E-state index contributed by atoms with van der Waals surface area (Å²) in [5, 5.41) is 0. The van der Waals surface area contributed by atoms with Crippen LogP contribution in [0.3, 0.4) is 0 Å². The Balaban J connectivity index is 0.940. The van der Waals surface area contributed by atoms with Gasteiger partial charge in [-0.3, -0.25) is 0 Å². The predicted octanol–water partition coefficient (Wildman–Crippen LogP) is 13.0. The van der Waals surface area contributed by atoms with Crippen molar-refractivity contribution in [1.29, 1.82) is 0 Å². The Morgan fingerprint density at radius 1 is 0.476 bits per heavy atom. The standard InChI is InChI=1S/C57H46O4S2/c1-35-24-29-45-47-31-28-39(34-55(47)57(53(45)32-35)51-22-12-6-16-42(51)43-17-7-13-23-52(43)57)63(60,61)37(3)26-25-36(2)62(58,59)38-27-30-46-44-18-8-11-21-50(44)56(54(46)33-38)48-19-9-4-14-40(48)41-15-5-10-20-49(41)56/h4-7,9-10,12-17,19-20,22-34,44,50H,8,11,18,21H2,1-3H3/b36-25+,37-26+. The molecule has 2 unspecified atom stereocenters. The predicted molar refractivity (Wildman–Crippen MR) is 252 cm³/mol. The molecular weight excluding hydrogens is 813 g/mol. The molecule has 310 valence electrons. The molecule has 0 heterocycles. The Bertz CT molecular complexity index is 3350. The molecule has 0 radical (unpaired) electrons. The van der Waals surface area contributed by atoms with Crippen molar-refractivity contribution in [3.63, 3.8) is 0 Å². The third-order valence-electron chi connectivity index (χ3n) is 15.4. The van der Waals surface area contributed by atoms with Crippen molar-refractivity contribution >= 4 is 19.7 Å². The van der Waals surface area contributed by atoms with E-state index in [-0.39, 0.29) is 19.6 Å². The first kappa shape index (κ1) is 38.6. The van der Waals surface area contributed by atoms with Gasteiger partial charge in [-0.25, -0.2) is 16.8 Å². The summed E-state index contributed by atoms with van der Waals surface area (Å²) in [5.41, 5.74) is 16.1. The van der Waals surface area contributed by atoms with Crippen LogP contribution in [0.25, 0.3) is 33.4 Å². The SMILES string of the molecule is C/C(=C\C=C(/C)S(=O)(=O)c1ccc2c(c1)C1(c3ccccc3-c3ccccc31)C1CCCCC21)S(=O)(=O)c1ccc2c(c1)C1(c3ccccc3-c3ccccc31)c1cc(C)ccc1-2. The smallest absolute Gasteiger partial charge is 0.202 e. The van der Waals surface area contributed by atoms with Crippen molar-refractivity contribution in [3.8, 4) is 33.4 Å². The number of hydrogen-bond donors (Lipinski definition) is 0. The lowest BCUT2D eigenvalue weighted by Gasteiger charge is -2.39. The molecule has 6 heteroatoms. The van der Waals surface area contributed by atoms with Crippen molar-refractivity contribution in [2.24, 2.45) is 5.92 Å². The largest absolute Gasteiger partial charge is 0.219 e. The molecule has 0 saturated heterocycles. The van der Waals surface area contributed by atoms with E-state index in [0.29, 0.717) is 11.8 Å². The van der Waals surface area contributed by atoms with E-state index in [1.54, 1.807) is 26.0 Å². The first-order valence-corrected chi connectivity index (χ1v) is 25.1. The molecule has 0 amide bonds. The van der Waals surface area contributed by atoms with Crippen LogP contribution < -0.4 is 0 Å². The Morgan fingerprint density at radius 3 is 1.48 bits per heavy atom. The zero-order valence-electron chi connectivity index (χ0n) is 35.5. The lowest BCUT2D eigenvalue weighted by atomic mass is 9.63. The van der Waals surface area contributed by atoms with Crippen molar-refractivity contribution in [2.75, 3.05) is 0 Å². The van der Waals surface area contributed by atoms with Gasteiger partial charge in [0.2, 0.25) is 19.7 Å². The van der Waals surface area contributed by atoms with Crippen molar-refractivity contribution < 1.29 is 16.8 Å². The number of benzene rings is 7. The third kappa shape index (κ3) is 4.97. The lowest BCUT2D eigenvalue weighted by Crippen LogP contribution is -2.35. The van der Waals surface area contributed by atoms with Crippen LogP contribution in [0.5, 0.6) is 0 Å². The molecule has 7 aromatic rings. The van der Waals surface area contributed by atoms with Crippen LogP contribution in [0, 0.1) is 12.8 Å². The summed E-state index contributed by atoms with van der Waals surface area (Å²) in [6.07, 6.45) is 7.41. The minimum atomic E-state index is -4.03. The van der Waals surface area contributed by atoms with E-state index in [0.717, 1.165) is 81.3 Å². The second-order valence-electron chi connectivity index (χ2n) is 18.3. The van der Waals surface area contributed by atoms with Gasteiger partial charge in [0.15, 0.2) is 0 Å². The highest BCUT2D eigenvalue weighted by Gasteiger charge is 2.58. The lowest BCUT2D eigenvalue weighted by molar-refractivity contribution is 0.265. The maximum atomic E-state index is 14.6. The van der Waals surface area contributed by atoms with Crippen molar-refractivity contribution in [3.05, 3.63) is 224 Å². The fraction of sp³-hybridized carbons (Fsp3) is 0.193. The first-order chi connectivity index (χ1) is 30.5. The highest BCUT2D eigenvalue weighted by molar-refractivity contribution is 7.95. The fourth-order valence-corrected chi connectivity index (χ4v) is 15.0. The quantitative estimate of drug-likeness (QED) is 0.162. The van der Waals surface area contributed by atoms with Crippen LogP contribution in [-0.2, 0) is 30.5 Å². The summed E-state index contributed by atoms with van der Waals surface area (Å²) in [6.45, 7) is 5.23. The van der Waals surface area contributed by atoms with Crippen LogP contribution >= 0.6 is 0 Å². The van der Waals surface area contributed by atoms with Gasteiger partial charge in [-0.05, 0) is 160 Å². The van der Waals surface area contributed by atoms with E-state index in [9.17, 15) is 16.8 Å². The van der Waals surface area contributed by atoms with E-state index < -0.39 is 30.5 Å². The molecule has 7 aromatic carbocycles. The molecule has 1 fully saturated rings. The Morgan fingerprint density at radius 2 is 0.905 bits per heavy atom. The van der Waals surface area contributed by atoms with Crippen LogP contribution in [0.4, 0.5) is 0 Å². The minimum Gasteiger partial charge on any atom is -0.219 e. The third-order valence-corrected chi connectivity index (χ3v) is 19.1. The average Bonchev–Trinajstić information content (AvgIpc) is 3.99. The number of sulfone groups is 2. The van der Waals surface area contributed by atoms with Gasteiger partial charge in [0.25, 0.3) is 0 Å². The summed E-state index contributed by atoms with van der Waals surface area (Å²) in [5.74, 6) is 0.685. The Kier molecular flexibility index (Phi) is 8.25. The Labute approximate surface area is 370 Å². The van der Waals surface area contributed by atoms with Crippen molar-refractivity contribution in [2.45, 2.75) is 73.0 Å². The summed E-state index contributed by atoms with van der Waals surface area (Å²) in [4.78, 5) is 0.573. The maximum Gasteiger partial charge on any atom is 0.202 e. The van der Waals surface area contributed by atoms with Crippen LogP contribution in [0.15, 0.2) is 183 Å². The zero-order valence-corrected chi connectivity index (χ0v) is 37.2. The molecule has 0 bridgehead atoms. The van der Waals surface area contributed by atoms with Gasteiger partial charge in [0.05, 0.1) is 20.6 Å². The van der Waals surface area contributed by atoms with E-state index in [2.05, 4.69) is 128 Å². The highest BCUT2D eigenvalue weighted by Crippen LogP contribution is 2.67. The van der Waals surface area contributed by atoms with Crippen LogP contribution in [0.2, 0.25) is 0 Å². The summed E-state index contributed by atoms with van der Waals surface area (Å²) < 4.78 is 58.5. The normalized spacial score (nSPS) is 19.5. The molecule has 5 aliphatic carbocycles. The van der Waals surface area contributed by atoms with Crippen molar-refractivity contribution in [1.82, 2.24) is 0 Å². The summed E-state index contributed by atoms with van der Waals surface area (Å²) in [6, 6.07) is 52.1. The second kappa shape index (κ2) is 13.5.